The molecular weight excluding hydrogens is 641 g/mol. The first-order valence-corrected chi connectivity index (χ1v) is 16.5. The first-order valence-electron chi connectivity index (χ1n) is 16.1. The van der Waals surface area contributed by atoms with Crippen LogP contribution in [0.1, 0.15) is 57.7 Å². The van der Waals surface area contributed by atoms with Crippen LogP contribution in [0.4, 0.5) is 25.5 Å². The number of nitrogens with one attached hydrogen (secondary N) is 1. The van der Waals surface area contributed by atoms with Gasteiger partial charge >= 0.3 is 18.2 Å². The fourth-order valence-electron chi connectivity index (χ4n) is 6.69. The summed E-state index contributed by atoms with van der Waals surface area (Å²) in [6, 6.07) is 10.5. The summed E-state index contributed by atoms with van der Waals surface area (Å²) >= 11 is 6.49. The van der Waals surface area contributed by atoms with E-state index in [0.717, 1.165) is 23.1 Å². The number of nitriles is 1. The molecule has 1 atom stereocenters. The minimum atomic E-state index is -1.06. The third-order valence-electron chi connectivity index (χ3n) is 9.19. The van der Waals surface area contributed by atoms with E-state index >= 15 is 0 Å². The number of piperazine rings is 1. The maximum Gasteiger partial charge on any atom is 0.408 e. The van der Waals surface area contributed by atoms with E-state index < -0.39 is 35.2 Å². The molecule has 2 aromatic carbocycles. The van der Waals surface area contributed by atoms with Crippen LogP contribution in [-0.2, 0) is 17.7 Å². The molecule has 14 heteroatoms. The van der Waals surface area contributed by atoms with Crippen LogP contribution < -0.4 is 19.9 Å². The van der Waals surface area contributed by atoms with E-state index in [1.54, 1.807) is 6.07 Å². The van der Waals surface area contributed by atoms with Crippen LogP contribution in [0.25, 0.3) is 10.8 Å². The van der Waals surface area contributed by atoms with Crippen molar-refractivity contribution in [2.45, 2.75) is 76.6 Å². The Morgan fingerprint density at radius 3 is 2.65 bits per heavy atom. The van der Waals surface area contributed by atoms with Crippen LogP contribution in [0.3, 0.4) is 0 Å². The third kappa shape index (κ3) is 6.85. The second kappa shape index (κ2) is 13.1. The Kier molecular flexibility index (Phi) is 9.13. The Bertz CT molecular complexity index is 1770. The van der Waals surface area contributed by atoms with Gasteiger partial charge in [0.25, 0.3) is 0 Å². The molecule has 2 amide bonds. The number of aromatic nitrogens is 2. The molecule has 254 valence electrons. The van der Waals surface area contributed by atoms with Gasteiger partial charge in [-0.05, 0) is 64.0 Å². The predicted octanol–water partition coefficient (Wildman–Crippen LogP) is 5.89. The van der Waals surface area contributed by atoms with Gasteiger partial charge in [-0.3, -0.25) is 0 Å². The molecule has 3 aromatic rings. The van der Waals surface area contributed by atoms with Crippen molar-refractivity contribution in [1.82, 2.24) is 20.2 Å². The molecule has 0 bridgehead atoms. The smallest absolute Gasteiger partial charge is 0.408 e. The maximum absolute atomic E-state index is 14.6. The average Bonchev–Trinajstić information content (AvgIpc) is 3.02. The van der Waals surface area contributed by atoms with Gasteiger partial charge in [-0.1, -0.05) is 29.8 Å². The molecule has 2 N–H and O–H groups in total. The Morgan fingerprint density at radius 1 is 1.17 bits per heavy atom. The zero-order chi connectivity index (χ0) is 34.2. The number of hydrogen-bond donors (Lipinski definition) is 2. The maximum atomic E-state index is 14.6. The standard InChI is InChI=1S/C34H39ClFN7O5/c1-33(2,3)48-31(44)40-34(12-5-13-34)20-47-30-38-25-19-41(26-7-4-6-21-8-9-24(36)28(35)27(21)26)15-11-23(25)29(39-30)42-16-17-43(32(45)46)22(18-42)10-14-37/h4,6-9,22H,5,10-13,15-20H2,1-3H3,(H,40,44)(H,45,46). The van der Waals surface area contributed by atoms with Crippen LogP contribution in [0.5, 0.6) is 6.01 Å². The molecule has 1 unspecified atom stereocenters. The van der Waals surface area contributed by atoms with E-state index in [9.17, 15) is 24.3 Å². The largest absolute Gasteiger partial charge is 0.465 e. The number of anilines is 2. The van der Waals surface area contributed by atoms with E-state index in [1.807, 2.05) is 43.9 Å². The number of amides is 2. The number of halogens is 2. The average molecular weight is 680 g/mol. The van der Waals surface area contributed by atoms with Crippen molar-refractivity contribution in [3.8, 4) is 12.1 Å². The molecule has 0 spiro atoms. The van der Waals surface area contributed by atoms with Gasteiger partial charge in [0.2, 0.25) is 0 Å². The molecule has 1 saturated carbocycles. The van der Waals surface area contributed by atoms with Crippen molar-refractivity contribution < 1.29 is 28.6 Å². The lowest BCUT2D eigenvalue weighted by atomic mass is 9.77. The SMILES string of the molecule is CC(C)(C)OC(=O)NC1(COc2nc3c(c(N4CCN(C(=O)O)C(CC#N)C4)n2)CCN(c2cccc4ccc(F)c(Cl)c24)C3)CCC1. The Morgan fingerprint density at radius 2 is 1.96 bits per heavy atom. The summed E-state index contributed by atoms with van der Waals surface area (Å²) in [4.78, 5) is 39.7. The van der Waals surface area contributed by atoms with Crippen LogP contribution in [0, 0.1) is 17.1 Å². The highest BCUT2D eigenvalue weighted by molar-refractivity contribution is 6.36. The van der Waals surface area contributed by atoms with Gasteiger partial charge in [0.15, 0.2) is 0 Å². The molecule has 2 fully saturated rings. The molecule has 0 radical (unpaired) electrons. The van der Waals surface area contributed by atoms with Crippen LogP contribution in [0.2, 0.25) is 5.02 Å². The fraction of sp³-hybridized carbons (Fsp3) is 0.500. The number of carboxylic acid groups (broad SMARTS) is 1. The lowest BCUT2D eigenvalue weighted by Gasteiger charge is -2.42. The number of carbonyl (C=O) groups excluding carboxylic acids is 1. The van der Waals surface area contributed by atoms with Crippen LogP contribution in [0.15, 0.2) is 30.3 Å². The summed E-state index contributed by atoms with van der Waals surface area (Å²) in [6.45, 7) is 7.38. The van der Waals surface area contributed by atoms with E-state index in [0.29, 0.717) is 55.8 Å². The molecule has 1 saturated heterocycles. The molecule has 6 rings (SSSR count). The zero-order valence-electron chi connectivity index (χ0n) is 27.3. The molecule has 1 aliphatic carbocycles. The Hall–Kier alpha value is -4.57. The molecule has 3 heterocycles. The minimum absolute atomic E-state index is 0.0461. The minimum Gasteiger partial charge on any atom is -0.465 e. The highest BCUT2D eigenvalue weighted by Gasteiger charge is 2.41. The van der Waals surface area contributed by atoms with Crippen molar-refractivity contribution in [2.24, 2.45) is 0 Å². The van der Waals surface area contributed by atoms with Gasteiger partial charge in [-0.25, -0.2) is 14.0 Å². The molecule has 1 aromatic heterocycles. The summed E-state index contributed by atoms with van der Waals surface area (Å²) in [6.07, 6.45) is 1.37. The number of nitrogens with zero attached hydrogens (tertiary/aromatic N) is 6. The molecule has 3 aliphatic rings. The lowest BCUT2D eigenvalue weighted by Crippen LogP contribution is -2.58. The van der Waals surface area contributed by atoms with Crippen molar-refractivity contribution in [3.63, 3.8) is 0 Å². The zero-order valence-corrected chi connectivity index (χ0v) is 28.0. The van der Waals surface area contributed by atoms with E-state index in [2.05, 4.69) is 16.3 Å². The second-order valence-electron chi connectivity index (χ2n) is 13.7. The van der Waals surface area contributed by atoms with E-state index in [-0.39, 0.29) is 37.2 Å². The lowest BCUT2D eigenvalue weighted by molar-refractivity contribution is 0.0284. The fourth-order valence-corrected chi connectivity index (χ4v) is 6.96. The highest BCUT2D eigenvalue weighted by Crippen LogP contribution is 2.39. The quantitative estimate of drug-likeness (QED) is 0.310. The number of benzene rings is 2. The highest BCUT2D eigenvalue weighted by atomic mass is 35.5. The Labute approximate surface area is 283 Å². The summed E-state index contributed by atoms with van der Waals surface area (Å²) in [5.41, 5.74) is 1.13. The van der Waals surface area contributed by atoms with Gasteiger partial charge in [0, 0.05) is 42.8 Å². The van der Waals surface area contributed by atoms with Crippen LogP contribution >= 0.6 is 11.6 Å². The van der Waals surface area contributed by atoms with Gasteiger partial charge in [-0.15, -0.1) is 0 Å². The summed E-state index contributed by atoms with van der Waals surface area (Å²) in [5, 5.41) is 23.7. The second-order valence-corrected chi connectivity index (χ2v) is 14.0. The molecule has 48 heavy (non-hydrogen) atoms. The third-order valence-corrected chi connectivity index (χ3v) is 9.56. The van der Waals surface area contributed by atoms with Gasteiger partial charge in [0.05, 0.1) is 41.3 Å². The summed E-state index contributed by atoms with van der Waals surface area (Å²) in [7, 11) is 0. The van der Waals surface area contributed by atoms with Crippen LogP contribution in [-0.4, -0.2) is 82.1 Å². The topological polar surface area (TPSA) is 144 Å². The number of alkyl carbamates (subject to hydrolysis) is 1. The normalized spacial score (nSPS) is 18.8. The van der Waals surface area contributed by atoms with Gasteiger partial charge in [-0.2, -0.15) is 15.2 Å². The number of hydrogen-bond acceptors (Lipinski definition) is 9. The molecule has 12 nitrogen and oxygen atoms in total. The molecule has 2 aliphatic heterocycles. The van der Waals surface area contributed by atoms with E-state index in [1.165, 1.54) is 11.0 Å². The van der Waals surface area contributed by atoms with Crippen molar-refractivity contribution in [1.29, 1.82) is 5.26 Å². The first-order chi connectivity index (χ1) is 22.9. The predicted molar refractivity (Wildman–Crippen MR) is 178 cm³/mol. The van der Waals surface area contributed by atoms with Gasteiger partial charge < -0.3 is 34.6 Å². The van der Waals surface area contributed by atoms with Crippen molar-refractivity contribution in [2.75, 3.05) is 42.6 Å². The number of rotatable bonds is 7. The monoisotopic (exact) mass is 679 g/mol. The van der Waals surface area contributed by atoms with Crippen molar-refractivity contribution >= 4 is 46.1 Å². The summed E-state index contributed by atoms with van der Waals surface area (Å²) < 4.78 is 26.4. The van der Waals surface area contributed by atoms with E-state index in [4.69, 9.17) is 31.0 Å². The van der Waals surface area contributed by atoms with Gasteiger partial charge in [0.1, 0.15) is 23.8 Å². The molecular formula is C34H39ClFN7O5. The summed E-state index contributed by atoms with van der Waals surface area (Å²) in [5.74, 6) is 0.138. The van der Waals surface area contributed by atoms with Crippen molar-refractivity contribution in [3.05, 3.63) is 52.4 Å². The first kappa shape index (κ1) is 33.3. The Balaban J connectivity index is 1.33. The number of carbonyl (C=O) groups is 2. The number of fused-ring (bicyclic) bond motifs is 2. The number of ether oxygens (including phenoxy) is 2.